The average molecular weight is 342 g/mol. The molecule has 2 aliphatic rings. The molecule has 1 saturated carbocycles. The van der Waals surface area contributed by atoms with Crippen LogP contribution in [0.3, 0.4) is 0 Å². The van der Waals surface area contributed by atoms with Crippen molar-refractivity contribution in [3.05, 3.63) is 28.6 Å². The van der Waals surface area contributed by atoms with Crippen LogP contribution in [0.5, 0.6) is 0 Å². The van der Waals surface area contributed by atoms with Crippen molar-refractivity contribution in [2.75, 3.05) is 6.54 Å². The van der Waals surface area contributed by atoms with Gasteiger partial charge < -0.3 is 9.47 Å². The van der Waals surface area contributed by atoms with E-state index in [0.717, 1.165) is 29.5 Å². The zero-order valence-corrected chi connectivity index (χ0v) is 15.5. The Kier molecular flexibility index (Phi) is 3.89. The minimum Gasteiger partial charge on any atom is -0.331 e. The second-order valence-corrected chi connectivity index (χ2v) is 7.40. The first-order valence-electron chi connectivity index (χ1n) is 9.23. The molecular weight excluding hydrogens is 316 g/mol. The van der Waals surface area contributed by atoms with Crippen LogP contribution in [0.4, 0.5) is 0 Å². The zero-order valence-electron chi connectivity index (χ0n) is 15.5. The molecule has 0 unspecified atom stereocenters. The Morgan fingerprint density at radius 3 is 2.64 bits per heavy atom. The van der Waals surface area contributed by atoms with Crippen molar-refractivity contribution < 1.29 is 4.79 Å². The molecule has 134 valence electrons. The van der Waals surface area contributed by atoms with Crippen LogP contribution in [0.2, 0.25) is 0 Å². The number of hydrogen-bond donors (Lipinski definition) is 0. The van der Waals surface area contributed by atoms with Gasteiger partial charge in [-0.25, -0.2) is 0 Å². The van der Waals surface area contributed by atoms with Crippen LogP contribution in [-0.4, -0.2) is 41.9 Å². The van der Waals surface area contributed by atoms with E-state index in [2.05, 4.69) is 33.7 Å². The van der Waals surface area contributed by atoms with Crippen molar-refractivity contribution in [3.63, 3.8) is 0 Å². The van der Waals surface area contributed by atoms with Gasteiger partial charge in [0.1, 0.15) is 12.4 Å². The van der Waals surface area contributed by atoms with E-state index in [1.165, 1.54) is 18.4 Å². The molecule has 1 aliphatic heterocycles. The first-order chi connectivity index (χ1) is 12.0. The molecule has 1 atom stereocenters. The topological polar surface area (TPSA) is 68.8 Å². The van der Waals surface area contributed by atoms with Crippen molar-refractivity contribution in [2.45, 2.75) is 72.0 Å². The van der Waals surface area contributed by atoms with E-state index in [-0.39, 0.29) is 11.9 Å². The van der Waals surface area contributed by atoms with Gasteiger partial charge in [-0.2, -0.15) is 5.10 Å². The second-order valence-electron chi connectivity index (χ2n) is 7.40. The molecule has 3 heterocycles. The lowest BCUT2D eigenvalue weighted by atomic mass is 10.1. The number of carbonyl (C=O) groups excluding carboxylic acids is 1. The summed E-state index contributed by atoms with van der Waals surface area (Å²) in [4.78, 5) is 14.7. The molecule has 7 heteroatoms. The number of aryl methyl sites for hydroxylation is 1. The van der Waals surface area contributed by atoms with Gasteiger partial charge >= 0.3 is 0 Å². The average Bonchev–Trinajstić information content (AvgIpc) is 3.27. The quantitative estimate of drug-likeness (QED) is 0.853. The third-order valence-corrected chi connectivity index (χ3v) is 5.52. The Labute approximate surface area is 148 Å². The summed E-state index contributed by atoms with van der Waals surface area (Å²) in [5.74, 6) is 2.70. The van der Waals surface area contributed by atoms with Crippen LogP contribution in [0.15, 0.2) is 0 Å². The minimum absolute atomic E-state index is 0.0994. The standard InChI is InChI=1S/C18H26N6O/c1-5-15-12(3)21-23(13(15)4)10-17(25)22-8-11(2)24-16(9-22)19-20-18(24)14-6-7-14/h11,14H,5-10H2,1-4H3/t11-/m0/s1. The molecule has 0 saturated heterocycles. The van der Waals surface area contributed by atoms with Gasteiger partial charge in [0.25, 0.3) is 0 Å². The summed E-state index contributed by atoms with van der Waals surface area (Å²) in [7, 11) is 0. The summed E-state index contributed by atoms with van der Waals surface area (Å²) in [6, 6.07) is 0.227. The largest absolute Gasteiger partial charge is 0.331 e. The number of carbonyl (C=O) groups is 1. The summed E-state index contributed by atoms with van der Waals surface area (Å²) in [5.41, 5.74) is 3.36. The van der Waals surface area contributed by atoms with E-state index in [1.54, 1.807) is 0 Å². The predicted octanol–water partition coefficient (Wildman–Crippen LogP) is 2.13. The van der Waals surface area contributed by atoms with Gasteiger partial charge in [-0.3, -0.25) is 9.48 Å². The van der Waals surface area contributed by atoms with E-state index < -0.39 is 0 Å². The summed E-state index contributed by atoms with van der Waals surface area (Å²) in [6.45, 7) is 9.88. The fraction of sp³-hybridized carbons (Fsp3) is 0.667. The highest BCUT2D eigenvalue weighted by Crippen LogP contribution is 2.41. The Hall–Kier alpha value is -2.18. The molecule has 2 aromatic heterocycles. The minimum atomic E-state index is 0.0994. The van der Waals surface area contributed by atoms with Crippen LogP contribution in [0.25, 0.3) is 0 Å². The maximum Gasteiger partial charge on any atom is 0.244 e. The Balaban J connectivity index is 1.52. The van der Waals surface area contributed by atoms with Crippen LogP contribution < -0.4 is 0 Å². The fourth-order valence-electron chi connectivity index (χ4n) is 4.00. The molecule has 2 aromatic rings. The van der Waals surface area contributed by atoms with Crippen LogP contribution >= 0.6 is 0 Å². The van der Waals surface area contributed by atoms with Gasteiger partial charge in [0.05, 0.1) is 18.3 Å². The molecule has 0 aromatic carbocycles. The number of amides is 1. The van der Waals surface area contributed by atoms with Crippen molar-refractivity contribution in [1.82, 2.24) is 29.4 Å². The molecule has 4 rings (SSSR count). The Morgan fingerprint density at radius 1 is 1.24 bits per heavy atom. The summed E-state index contributed by atoms with van der Waals surface area (Å²) in [6.07, 6.45) is 3.37. The molecule has 1 amide bonds. The third kappa shape index (κ3) is 2.75. The lowest BCUT2D eigenvalue weighted by molar-refractivity contribution is -0.134. The summed E-state index contributed by atoms with van der Waals surface area (Å²) >= 11 is 0. The lowest BCUT2D eigenvalue weighted by Gasteiger charge is -2.32. The molecule has 1 aliphatic carbocycles. The summed E-state index contributed by atoms with van der Waals surface area (Å²) in [5, 5.41) is 13.3. The van der Waals surface area contributed by atoms with Gasteiger partial charge in [-0.1, -0.05) is 6.92 Å². The van der Waals surface area contributed by atoms with E-state index in [0.29, 0.717) is 25.6 Å². The molecule has 0 bridgehead atoms. The smallest absolute Gasteiger partial charge is 0.244 e. The first kappa shape index (κ1) is 16.3. The molecule has 0 radical (unpaired) electrons. The Bertz CT molecular complexity index is 816. The van der Waals surface area contributed by atoms with Crippen LogP contribution in [0, 0.1) is 13.8 Å². The predicted molar refractivity (Wildman–Crippen MR) is 93.2 cm³/mol. The number of nitrogens with zero attached hydrogens (tertiary/aromatic N) is 6. The molecule has 0 N–H and O–H groups in total. The lowest BCUT2D eigenvalue weighted by Crippen LogP contribution is -2.42. The highest BCUT2D eigenvalue weighted by molar-refractivity contribution is 5.76. The van der Waals surface area contributed by atoms with Crippen molar-refractivity contribution in [2.24, 2.45) is 0 Å². The van der Waals surface area contributed by atoms with E-state index in [4.69, 9.17) is 0 Å². The first-order valence-corrected chi connectivity index (χ1v) is 9.23. The highest BCUT2D eigenvalue weighted by atomic mass is 16.2. The number of hydrogen-bond acceptors (Lipinski definition) is 4. The monoisotopic (exact) mass is 342 g/mol. The van der Waals surface area contributed by atoms with E-state index >= 15 is 0 Å². The van der Waals surface area contributed by atoms with Gasteiger partial charge in [-0.15, -0.1) is 10.2 Å². The fourth-order valence-corrected chi connectivity index (χ4v) is 4.00. The molecule has 1 fully saturated rings. The number of fused-ring (bicyclic) bond motifs is 1. The molecule has 25 heavy (non-hydrogen) atoms. The van der Waals surface area contributed by atoms with Gasteiger partial charge in [-0.05, 0) is 45.6 Å². The van der Waals surface area contributed by atoms with E-state index in [1.807, 2.05) is 23.4 Å². The third-order valence-electron chi connectivity index (χ3n) is 5.52. The van der Waals surface area contributed by atoms with Crippen molar-refractivity contribution >= 4 is 5.91 Å². The number of aromatic nitrogens is 5. The molecule has 0 spiro atoms. The second kappa shape index (κ2) is 5.97. The van der Waals surface area contributed by atoms with Crippen molar-refractivity contribution in [3.8, 4) is 0 Å². The maximum absolute atomic E-state index is 12.8. The van der Waals surface area contributed by atoms with Gasteiger partial charge in [0.15, 0.2) is 5.82 Å². The SMILES string of the molecule is CCc1c(C)nn(CC(=O)N2Cc3nnc(C4CC4)n3[C@@H](C)C2)c1C. The van der Waals surface area contributed by atoms with Crippen molar-refractivity contribution in [1.29, 1.82) is 0 Å². The highest BCUT2D eigenvalue weighted by Gasteiger charge is 2.35. The maximum atomic E-state index is 12.8. The van der Waals surface area contributed by atoms with Crippen LogP contribution in [-0.2, 0) is 24.3 Å². The molecular formula is C18H26N6O. The van der Waals surface area contributed by atoms with Gasteiger partial charge in [0, 0.05) is 18.2 Å². The zero-order chi connectivity index (χ0) is 17.7. The Morgan fingerprint density at radius 2 is 2.00 bits per heavy atom. The van der Waals surface area contributed by atoms with Gasteiger partial charge in [0.2, 0.25) is 5.91 Å². The molecule has 7 nitrogen and oxygen atoms in total. The summed E-state index contributed by atoms with van der Waals surface area (Å²) < 4.78 is 4.09. The number of rotatable bonds is 4. The normalized spacial score (nSPS) is 20.0. The van der Waals surface area contributed by atoms with E-state index in [9.17, 15) is 4.79 Å². The van der Waals surface area contributed by atoms with Crippen LogP contribution in [0.1, 0.15) is 67.2 Å².